The van der Waals surface area contributed by atoms with E-state index in [1.807, 2.05) is 10.3 Å². The summed E-state index contributed by atoms with van der Waals surface area (Å²) < 4.78 is 5.44. The summed E-state index contributed by atoms with van der Waals surface area (Å²) in [6, 6.07) is 0.448. The number of aromatic nitrogens is 1. The number of likely N-dealkylation sites (tertiary alicyclic amines) is 1. The normalized spacial score (nSPS) is 26.7. The van der Waals surface area contributed by atoms with Crippen molar-refractivity contribution in [1.82, 2.24) is 14.8 Å². The van der Waals surface area contributed by atoms with Crippen molar-refractivity contribution in [3.8, 4) is 0 Å². The van der Waals surface area contributed by atoms with Crippen molar-refractivity contribution < 1.29 is 9.53 Å². The summed E-state index contributed by atoms with van der Waals surface area (Å²) in [6.45, 7) is 13.8. The Hall–Kier alpha value is -0.980. The van der Waals surface area contributed by atoms with Gasteiger partial charge < -0.3 is 9.64 Å². The van der Waals surface area contributed by atoms with Crippen LogP contribution in [-0.4, -0.2) is 66.1 Å². The Morgan fingerprint density at radius 3 is 2.61 bits per heavy atom. The summed E-state index contributed by atoms with van der Waals surface area (Å²) in [5, 5.41) is 2.94. The molecule has 0 aromatic carbocycles. The lowest BCUT2D eigenvalue weighted by Crippen LogP contribution is -2.47. The fourth-order valence-corrected chi connectivity index (χ4v) is 4.26. The minimum absolute atomic E-state index is 0.00215. The van der Waals surface area contributed by atoms with Crippen LogP contribution in [0, 0.1) is 5.92 Å². The number of ether oxygens (including phenoxy) is 1. The van der Waals surface area contributed by atoms with E-state index in [-0.39, 0.29) is 11.3 Å². The van der Waals surface area contributed by atoms with Crippen LogP contribution in [0.2, 0.25) is 0 Å². The van der Waals surface area contributed by atoms with Gasteiger partial charge in [-0.15, -0.1) is 11.3 Å². The van der Waals surface area contributed by atoms with Gasteiger partial charge in [0.05, 0.1) is 18.2 Å². The maximum Gasteiger partial charge on any atom is 0.273 e. The van der Waals surface area contributed by atoms with E-state index in [9.17, 15) is 4.79 Å². The maximum atomic E-state index is 12.8. The van der Waals surface area contributed by atoms with Crippen LogP contribution in [0.5, 0.6) is 0 Å². The molecule has 3 heterocycles. The molecular weight excluding hydrogens is 310 g/mol. The van der Waals surface area contributed by atoms with Gasteiger partial charge in [0.1, 0.15) is 5.69 Å². The Balaban J connectivity index is 1.67. The van der Waals surface area contributed by atoms with Gasteiger partial charge in [-0.05, 0) is 5.92 Å². The van der Waals surface area contributed by atoms with E-state index < -0.39 is 0 Å². The van der Waals surface area contributed by atoms with Crippen LogP contribution in [0.25, 0.3) is 0 Å². The predicted octanol–water partition coefficient (Wildman–Crippen LogP) is 2.23. The topological polar surface area (TPSA) is 45.7 Å². The van der Waals surface area contributed by atoms with E-state index in [2.05, 4.69) is 37.6 Å². The zero-order valence-corrected chi connectivity index (χ0v) is 15.4. The molecule has 0 unspecified atom stereocenters. The number of morpholine rings is 1. The molecule has 0 saturated carbocycles. The largest absolute Gasteiger partial charge is 0.379 e. The minimum atomic E-state index is -0.00215. The summed E-state index contributed by atoms with van der Waals surface area (Å²) in [7, 11) is 0. The molecule has 0 bridgehead atoms. The number of carbonyl (C=O) groups is 1. The molecule has 2 aliphatic heterocycles. The van der Waals surface area contributed by atoms with Crippen molar-refractivity contribution >= 4 is 17.2 Å². The Kier molecular flexibility index (Phi) is 4.76. The molecule has 2 fully saturated rings. The van der Waals surface area contributed by atoms with Crippen molar-refractivity contribution in [2.75, 3.05) is 39.4 Å². The third-order valence-electron chi connectivity index (χ3n) is 4.74. The van der Waals surface area contributed by atoms with Gasteiger partial charge in [0.25, 0.3) is 5.91 Å². The monoisotopic (exact) mass is 337 g/mol. The number of thiazole rings is 1. The molecule has 5 nitrogen and oxygen atoms in total. The van der Waals surface area contributed by atoms with Crippen LogP contribution in [0.1, 0.15) is 43.2 Å². The molecule has 0 radical (unpaired) electrons. The molecule has 0 aliphatic carbocycles. The Morgan fingerprint density at radius 2 is 2.00 bits per heavy atom. The molecule has 1 aromatic rings. The summed E-state index contributed by atoms with van der Waals surface area (Å²) in [6.07, 6.45) is 0. The Bertz CT molecular complexity index is 560. The van der Waals surface area contributed by atoms with E-state index in [4.69, 9.17) is 4.74 Å². The minimum Gasteiger partial charge on any atom is -0.379 e. The molecule has 23 heavy (non-hydrogen) atoms. The zero-order chi connectivity index (χ0) is 16.6. The van der Waals surface area contributed by atoms with E-state index >= 15 is 0 Å². The average Bonchev–Trinajstić information content (AvgIpc) is 3.14. The highest BCUT2D eigenvalue weighted by Crippen LogP contribution is 2.28. The summed E-state index contributed by atoms with van der Waals surface area (Å²) in [4.78, 5) is 21.8. The van der Waals surface area contributed by atoms with Crippen molar-refractivity contribution in [2.24, 2.45) is 5.92 Å². The highest BCUT2D eigenvalue weighted by Gasteiger charge is 2.37. The lowest BCUT2D eigenvalue weighted by atomic mass is 9.98. The van der Waals surface area contributed by atoms with Gasteiger partial charge in [0.2, 0.25) is 0 Å². The molecule has 3 rings (SSSR count). The highest BCUT2D eigenvalue weighted by molar-refractivity contribution is 7.10. The summed E-state index contributed by atoms with van der Waals surface area (Å²) >= 11 is 1.59. The molecule has 6 heteroatoms. The molecule has 1 aromatic heterocycles. The van der Waals surface area contributed by atoms with E-state index in [1.165, 1.54) is 0 Å². The zero-order valence-electron chi connectivity index (χ0n) is 14.5. The second kappa shape index (κ2) is 6.49. The van der Waals surface area contributed by atoms with Gasteiger partial charge in [-0.1, -0.05) is 27.7 Å². The molecule has 0 spiro atoms. The van der Waals surface area contributed by atoms with Gasteiger partial charge in [-0.25, -0.2) is 4.98 Å². The lowest BCUT2D eigenvalue weighted by Gasteiger charge is -2.33. The number of carbonyl (C=O) groups excluding carboxylic acids is 1. The first-order valence-corrected chi connectivity index (χ1v) is 9.31. The van der Waals surface area contributed by atoms with Crippen LogP contribution in [0.15, 0.2) is 5.38 Å². The van der Waals surface area contributed by atoms with E-state index in [1.54, 1.807) is 11.3 Å². The maximum absolute atomic E-state index is 12.8. The molecule has 0 N–H and O–H groups in total. The van der Waals surface area contributed by atoms with Crippen molar-refractivity contribution in [3.63, 3.8) is 0 Å². The highest BCUT2D eigenvalue weighted by atomic mass is 32.1. The molecule has 128 valence electrons. The second-order valence-corrected chi connectivity index (χ2v) is 8.55. The Labute approximate surface area is 142 Å². The molecule has 2 aliphatic rings. The van der Waals surface area contributed by atoms with Crippen molar-refractivity contribution in [2.45, 2.75) is 39.2 Å². The van der Waals surface area contributed by atoms with Crippen LogP contribution in [0.3, 0.4) is 0 Å². The van der Waals surface area contributed by atoms with Crippen LogP contribution in [-0.2, 0) is 10.2 Å². The summed E-state index contributed by atoms with van der Waals surface area (Å²) in [5.41, 5.74) is 0.604. The number of amides is 1. The van der Waals surface area contributed by atoms with Gasteiger partial charge in [0.15, 0.2) is 0 Å². The first-order chi connectivity index (χ1) is 10.9. The third-order valence-corrected chi connectivity index (χ3v) is 6.01. The van der Waals surface area contributed by atoms with Crippen LogP contribution in [0.4, 0.5) is 0 Å². The SMILES string of the molecule is C[C@H]1CN(C(=O)c2csc(C(C)(C)C)n2)C[C@H]1N1CCOCC1. The predicted molar refractivity (Wildman–Crippen MR) is 92.1 cm³/mol. The number of hydrogen-bond acceptors (Lipinski definition) is 5. The third kappa shape index (κ3) is 3.59. The molecule has 1 amide bonds. The first-order valence-electron chi connectivity index (χ1n) is 8.43. The number of rotatable bonds is 2. The molecule has 2 saturated heterocycles. The quantitative estimate of drug-likeness (QED) is 0.830. The van der Waals surface area contributed by atoms with E-state index in [0.29, 0.717) is 17.7 Å². The fourth-order valence-electron chi connectivity index (χ4n) is 3.38. The number of nitrogens with zero attached hydrogens (tertiary/aromatic N) is 3. The van der Waals surface area contributed by atoms with E-state index in [0.717, 1.165) is 44.4 Å². The fraction of sp³-hybridized carbons (Fsp3) is 0.765. The number of hydrogen-bond donors (Lipinski definition) is 0. The average molecular weight is 337 g/mol. The van der Waals surface area contributed by atoms with Gasteiger partial charge in [-0.2, -0.15) is 0 Å². The van der Waals surface area contributed by atoms with Crippen molar-refractivity contribution in [3.05, 3.63) is 16.1 Å². The van der Waals surface area contributed by atoms with Crippen LogP contribution < -0.4 is 0 Å². The van der Waals surface area contributed by atoms with Gasteiger partial charge in [0, 0.05) is 43.0 Å². The standard InChI is InChI=1S/C17H27N3O2S/c1-12-9-20(10-14(12)19-5-7-22-8-6-19)15(21)13-11-23-16(18-13)17(2,3)4/h11-12,14H,5-10H2,1-4H3/t12-,14+/m0/s1. The lowest BCUT2D eigenvalue weighted by molar-refractivity contribution is 0.0119. The molecule has 2 atom stereocenters. The second-order valence-electron chi connectivity index (χ2n) is 7.69. The first kappa shape index (κ1) is 16.9. The van der Waals surface area contributed by atoms with Crippen LogP contribution >= 0.6 is 11.3 Å². The van der Waals surface area contributed by atoms with Gasteiger partial charge >= 0.3 is 0 Å². The van der Waals surface area contributed by atoms with Crippen molar-refractivity contribution in [1.29, 1.82) is 0 Å². The van der Waals surface area contributed by atoms with Gasteiger partial charge in [-0.3, -0.25) is 9.69 Å². The smallest absolute Gasteiger partial charge is 0.273 e. The summed E-state index contributed by atoms with van der Waals surface area (Å²) in [5.74, 6) is 0.581. The Morgan fingerprint density at radius 1 is 1.30 bits per heavy atom. The molecular formula is C17H27N3O2S.